The summed E-state index contributed by atoms with van der Waals surface area (Å²) >= 11 is 0. The summed E-state index contributed by atoms with van der Waals surface area (Å²) in [5.74, 6) is -0.959. The van der Waals surface area contributed by atoms with E-state index in [-0.39, 0.29) is 17.0 Å². The maximum atomic E-state index is 13.4. The zero-order chi connectivity index (χ0) is 11.7. The molecule has 0 aliphatic heterocycles. The lowest BCUT2D eigenvalue weighted by molar-refractivity contribution is 0.0599. The molecule has 4 heteroatoms. The molecule has 0 radical (unpaired) electrons. The number of carbonyl (C=O) groups is 1. The Morgan fingerprint density at radius 2 is 2.25 bits per heavy atom. The van der Waals surface area contributed by atoms with Crippen molar-refractivity contribution in [2.45, 2.75) is 18.8 Å². The molecule has 1 fully saturated rings. The van der Waals surface area contributed by atoms with Gasteiger partial charge < -0.3 is 4.74 Å². The molecule has 0 amide bonds. The van der Waals surface area contributed by atoms with Gasteiger partial charge in [-0.2, -0.15) is 5.26 Å². The summed E-state index contributed by atoms with van der Waals surface area (Å²) in [5.41, 5.74) is 0.945. The van der Waals surface area contributed by atoms with Crippen molar-refractivity contribution >= 4 is 5.97 Å². The van der Waals surface area contributed by atoms with E-state index in [1.165, 1.54) is 13.2 Å². The van der Waals surface area contributed by atoms with Crippen molar-refractivity contribution in [1.29, 1.82) is 5.26 Å². The lowest BCUT2D eigenvalue weighted by atomic mass is 10.00. The van der Waals surface area contributed by atoms with Gasteiger partial charge in [0.2, 0.25) is 0 Å². The van der Waals surface area contributed by atoms with Crippen LogP contribution in [0.25, 0.3) is 0 Å². The Morgan fingerprint density at radius 3 is 2.75 bits per heavy atom. The van der Waals surface area contributed by atoms with Crippen LogP contribution in [0, 0.1) is 17.1 Å². The summed E-state index contributed by atoms with van der Waals surface area (Å²) in [6.07, 6.45) is 1.95. The number of nitrogens with zero attached hydrogens (tertiary/aromatic N) is 1. The number of carbonyl (C=O) groups excluding carboxylic acids is 1. The van der Waals surface area contributed by atoms with E-state index in [1.807, 2.05) is 0 Å². The number of benzene rings is 1. The average molecular weight is 219 g/mol. The zero-order valence-corrected chi connectivity index (χ0v) is 8.79. The zero-order valence-electron chi connectivity index (χ0n) is 8.79. The molecule has 0 heterocycles. The van der Waals surface area contributed by atoms with Gasteiger partial charge in [-0.1, -0.05) is 0 Å². The third-order valence-corrected chi connectivity index (χ3v) is 2.68. The van der Waals surface area contributed by atoms with Gasteiger partial charge in [0.1, 0.15) is 11.9 Å². The molecule has 0 N–H and O–H groups in total. The van der Waals surface area contributed by atoms with Gasteiger partial charge in [0, 0.05) is 0 Å². The Balaban J connectivity index is 2.54. The van der Waals surface area contributed by atoms with Crippen molar-refractivity contribution in [3.63, 3.8) is 0 Å². The van der Waals surface area contributed by atoms with Crippen molar-refractivity contribution in [2.75, 3.05) is 7.11 Å². The second-order valence-electron chi connectivity index (χ2n) is 3.80. The standard InChI is InChI=1S/C12H10FNO2/c1-16-12(15)10-5-11(13)8(6-14)4-9(10)7-2-3-7/h4-5,7H,2-3H2,1H3. The van der Waals surface area contributed by atoms with Crippen LogP contribution in [0.15, 0.2) is 12.1 Å². The monoisotopic (exact) mass is 219 g/mol. The number of rotatable bonds is 2. The molecule has 1 aliphatic carbocycles. The predicted octanol–water partition coefficient (Wildman–Crippen LogP) is 2.36. The highest BCUT2D eigenvalue weighted by atomic mass is 19.1. The van der Waals surface area contributed by atoms with Crippen molar-refractivity contribution in [3.05, 3.63) is 34.6 Å². The SMILES string of the molecule is COC(=O)c1cc(F)c(C#N)cc1C1CC1. The number of esters is 1. The maximum Gasteiger partial charge on any atom is 0.338 e. The number of hydrogen-bond donors (Lipinski definition) is 0. The van der Waals surface area contributed by atoms with E-state index < -0.39 is 11.8 Å². The smallest absolute Gasteiger partial charge is 0.338 e. The normalized spacial score (nSPS) is 14.3. The van der Waals surface area contributed by atoms with Gasteiger partial charge in [0.25, 0.3) is 0 Å². The van der Waals surface area contributed by atoms with Gasteiger partial charge in [-0.3, -0.25) is 0 Å². The molecular weight excluding hydrogens is 209 g/mol. The van der Waals surface area contributed by atoms with E-state index in [1.54, 1.807) is 6.07 Å². The average Bonchev–Trinajstić information content (AvgIpc) is 3.11. The van der Waals surface area contributed by atoms with Crippen LogP contribution in [0.3, 0.4) is 0 Å². The fourth-order valence-corrected chi connectivity index (χ4v) is 1.69. The molecule has 0 atom stereocenters. The minimum Gasteiger partial charge on any atom is -0.465 e. The molecule has 1 saturated carbocycles. The molecule has 1 aliphatic rings. The number of hydrogen-bond acceptors (Lipinski definition) is 3. The first-order valence-electron chi connectivity index (χ1n) is 4.99. The third kappa shape index (κ3) is 1.76. The van der Waals surface area contributed by atoms with Crippen LogP contribution in [0.2, 0.25) is 0 Å². The first-order chi connectivity index (χ1) is 7.67. The summed E-state index contributed by atoms with van der Waals surface area (Å²) in [7, 11) is 1.26. The van der Waals surface area contributed by atoms with Crippen molar-refractivity contribution < 1.29 is 13.9 Å². The molecule has 0 aromatic heterocycles. The van der Waals surface area contributed by atoms with Crippen molar-refractivity contribution in [3.8, 4) is 6.07 Å². The van der Waals surface area contributed by atoms with Gasteiger partial charge in [0.15, 0.2) is 0 Å². The highest BCUT2D eigenvalue weighted by molar-refractivity contribution is 5.91. The minimum atomic E-state index is -0.674. The van der Waals surface area contributed by atoms with Gasteiger partial charge in [-0.15, -0.1) is 0 Å². The van der Waals surface area contributed by atoms with E-state index in [2.05, 4.69) is 4.74 Å². The quantitative estimate of drug-likeness (QED) is 0.717. The fourth-order valence-electron chi connectivity index (χ4n) is 1.69. The summed E-state index contributed by atoms with van der Waals surface area (Å²) in [6, 6.07) is 4.33. The molecule has 1 aromatic rings. The highest BCUT2D eigenvalue weighted by Crippen LogP contribution is 2.42. The number of ether oxygens (including phenoxy) is 1. The minimum absolute atomic E-state index is 0.0189. The van der Waals surface area contributed by atoms with E-state index in [0.29, 0.717) is 0 Å². The van der Waals surface area contributed by atoms with Gasteiger partial charge in [0.05, 0.1) is 18.2 Å². The highest BCUT2D eigenvalue weighted by Gasteiger charge is 2.29. The predicted molar refractivity (Wildman–Crippen MR) is 54.4 cm³/mol. The number of halogens is 1. The Kier molecular flexibility index (Phi) is 2.61. The molecule has 16 heavy (non-hydrogen) atoms. The molecule has 3 nitrogen and oxygen atoms in total. The molecule has 0 unspecified atom stereocenters. The van der Waals surface area contributed by atoms with Gasteiger partial charge in [-0.25, -0.2) is 9.18 Å². The Bertz CT molecular complexity index is 487. The van der Waals surface area contributed by atoms with E-state index in [0.717, 1.165) is 24.5 Å². The summed E-state index contributed by atoms with van der Waals surface area (Å²) in [4.78, 5) is 11.4. The second-order valence-corrected chi connectivity index (χ2v) is 3.80. The Labute approximate surface area is 92.4 Å². The Hall–Kier alpha value is -1.89. The van der Waals surface area contributed by atoms with Crippen LogP contribution in [0.1, 0.15) is 40.2 Å². The largest absolute Gasteiger partial charge is 0.465 e. The topological polar surface area (TPSA) is 50.1 Å². The number of nitriles is 1. The molecule has 0 bridgehead atoms. The summed E-state index contributed by atoms with van der Waals surface area (Å²) in [5, 5.41) is 8.73. The van der Waals surface area contributed by atoms with Crippen LogP contribution in [-0.2, 0) is 4.74 Å². The van der Waals surface area contributed by atoms with E-state index in [9.17, 15) is 9.18 Å². The molecule has 2 rings (SSSR count). The van der Waals surface area contributed by atoms with E-state index >= 15 is 0 Å². The van der Waals surface area contributed by atoms with Crippen molar-refractivity contribution in [1.82, 2.24) is 0 Å². The van der Waals surface area contributed by atoms with Crippen LogP contribution in [-0.4, -0.2) is 13.1 Å². The van der Waals surface area contributed by atoms with Crippen molar-refractivity contribution in [2.24, 2.45) is 0 Å². The third-order valence-electron chi connectivity index (χ3n) is 2.68. The fraction of sp³-hybridized carbons (Fsp3) is 0.333. The molecule has 1 aromatic carbocycles. The summed E-state index contributed by atoms with van der Waals surface area (Å²) < 4.78 is 18.0. The lowest BCUT2D eigenvalue weighted by Gasteiger charge is -2.07. The first-order valence-corrected chi connectivity index (χ1v) is 4.99. The lowest BCUT2D eigenvalue weighted by Crippen LogP contribution is -2.07. The first kappa shape index (κ1) is 10.6. The van der Waals surface area contributed by atoms with Crippen LogP contribution in [0.5, 0.6) is 0 Å². The Morgan fingerprint density at radius 1 is 1.56 bits per heavy atom. The van der Waals surface area contributed by atoms with Crippen LogP contribution >= 0.6 is 0 Å². The maximum absolute atomic E-state index is 13.4. The molecule has 82 valence electrons. The second kappa shape index (κ2) is 3.93. The van der Waals surface area contributed by atoms with E-state index in [4.69, 9.17) is 5.26 Å². The van der Waals surface area contributed by atoms with Gasteiger partial charge in [-0.05, 0) is 36.5 Å². The molecule has 0 spiro atoms. The number of methoxy groups -OCH3 is 1. The molecule has 0 saturated heterocycles. The molecular formula is C12H10FNO2. The van der Waals surface area contributed by atoms with Crippen LogP contribution in [0.4, 0.5) is 4.39 Å². The summed E-state index contributed by atoms with van der Waals surface area (Å²) in [6.45, 7) is 0. The van der Waals surface area contributed by atoms with Crippen LogP contribution < -0.4 is 0 Å². The van der Waals surface area contributed by atoms with Gasteiger partial charge >= 0.3 is 5.97 Å².